The minimum Gasteiger partial charge on any atom is -0.494 e. The summed E-state index contributed by atoms with van der Waals surface area (Å²) in [5.74, 6) is 0.834. The van der Waals surface area contributed by atoms with Gasteiger partial charge in [0.15, 0.2) is 0 Å². The minimum absolute atomic E-state index is 0.782. The lowest BCUT2D eigenvalue weighted by Gasteiger charge is -2.09. The van der Waals surface area contributed by atoms with Gasteiger partial charge in [0.25, 0.3) is 0 Å². The van der Waals surface area contributed by atoms with Gasteiger partial charge >= 0.3 is 0 Å². The largest absolute Gasteiger partial charge is 0.494 e. The standard InChI is InChI=1S/C17H20N2O/c1-3-4-9-14-10-8-13-16(17(14)20-2)19-18-15-11-6-5-7-12-15/h5-8,10-13H,3-4,9H2,1-2H3. The summed E-state index contributed by atoms with van der Waals surface area (Å²) in [6.45, 7) is 2.19. The SMILES string of the molecule is CCCCc1cccc(N=Nc2ccccc2)c1OC. The van der Waals surface area contributed by atoms with Gasteiger partial charge in [0.2, 0.25) is 0 Å². The van der Waals surface area contributed by atoms with E-state index in [-0.39, 0.29) is 0 Å². The third kappa shape index (κ3) is 3.67. The first-order chi connectivity index (χ1) is 9.85. The fourth-order valence-corrected chi connectivity index (χ4v) is 2.06. The molecule has 0 fully saturated rings. The molecule has 0 aliphatic heterocycles. The summed E-state index contributed by atoms with van der Waals surface area (Å²) in [5, 5.41) is 8.57. The number of hydrogen-bond donors (Lipinski definition) is 0. The van der Waals surface area contributed by atoms with Gasteiger partial charge in [-0.3, -0.25) is 0 Å². The number of unbranched alkanes of at least 4 members (excludes halogenated alkanes) is 1. The van der Waals surface area contributed by atoms with Crippen LogP contribution in [0.4, 0.5) is 11.4 Å². The number of benzene rings is 2. The van der Waals surface area contributed by atoms with E-state index in [0.29, 0.717) is 0 Å². The summed E-state index contributed by atoms with van der Waals surface area (Å²) in [6.07, 6.45) is 3.32. The molecule has 0 aliphatic rings. The van der Waals surface area contributed by atoms with Crippen molar-refractivity contribution in [1.29, 1.82) is 0 Å². The number of para-hydroxylation sites is 1. The molecular formula is C17H20N2O. The number of rotatable bonds is 6. The number of azo groups is 1. The summed E-state index contributed by atoms with van der Waals surface area (Å²) in [7, 11) is 1.69. The Morgan fingerprint density at radius 1 is 0.950 bits per heavy atom. The van der Waals surface area contributed by atoms with Gasteiger partial charge < -0.3 is 4.74 Å². The Balaban J connectivity index is 2.25. The van der Waals surface area contributed by atoms with Crippen LogP contribution in [0.3, 0.4) is 0 Å². The third-order valence-electron chi connectivity index (χ3n) is 3.11. The maximum atomic E-state index is 5.51. The molecule has 0 saturated carbocycles. The van der Waals surface area contributed by atoms with E-state index in [2.05, 4.69) is 23.2 Å². The molecule has 20 heavy (non-hydrogen) atoms. The zero-order valence-corrected chi connectivity index (χ0v) is 12.0. The molecule has 2 aromatic rings. The van der Waals surface area contributed by atoms with Crippen molar-refractivity contribution in [3.05, 3.63) is 54.1 Å². The molecular weight excluding hydrogens is 248 g/mol. The van der Waals surface area contributed by atoms with Crippen LogP contribution in [0.2, 0.25) is 0 Å². The lowest BCUT2D eigenvalue weighted by atomic mass is 10.1. The second-order valence-corrected chi connectivity index (χ2v) is 4.61. The molecule has 0 radical (unpaired) electrons. The molecule has 2 rings (SSSR count). The zero-order valence-electron chi connectivity index (χ0n) is 12.0. The van der Waals surface area contributed by atoms with Crippen LogP contribution in [0.15, 0.2) is 58.8 Å². The van der Waals surface area contributed by atoms with Gasteiger partial charge in [0.1, 0.15) is 11.4 Å². The predicted molar refractivity (Wildman–Crippen MR) is 82.2 cm³/mol. The molecule has 0 aliphatic carbocycles. The van der Waals surface area contributed by atoms with Crippen LogP contribution >= 0.6 is 0 Å². The second-order valence-electron chi connectivity index (χ2n) is 4.61. The normalized spacial score (nSPS) is 10.9. The molecule has 2 aromatic carbocycles. The molecule has 3 nitrogen and oxygen atoms in total. The molecule has 0 heterocycles. The number of aryl methyl sites for hydroxylation is 1. The van der Waals surface area contributed by atoms with E-state index >= 15 is 0 Å². The number of hydrogen-bond acceptors (Lipinski definition) is 3. The Bertz CT molecular complexity index is 564. The molecule has 0 saturated heterocycles. The van der Waals surface area contributed by atoms with Crippen molar-refractivity contribution in [1.82, 2.24) is 0 Å². The topological polar surface area (TPSA) is 34.0 Å². The van der Waals surface area contributed by atoms with Gasteiger partial charge in [0.05, 0.1) is 12.8 Å². The maximum Gasteiger partial charge on any atom is 0.149 e. The highest BCUT2D eigenvalue weighted by atomic mass is 16.5. The van der Waals surface area contributed by atoms with Crippen molar-refractivity contribution < 1.29 is 4.74 Å². The van der Waals surface area contributed by atoms with E-state index in [4.69, 9.17) is 4.74 Å². The summed E-state index contributed by atoms with van der Waals surface area (Å²) in [4.78, 5) is 0. The van der Waals surface area contributed by atoms with Crippen molar-refractivity contribution >= 4 is 11.4 Å². The van der Waals surface area contributed by atoms with E-state index in [1.54, 1.807) is 7.11 Å². The van der Waals surface area contributed by atoms with Crippen molar-refractivity contribution in [2.24, 2.45) is 10.2 Å². The molecule has 0 N–H and O–H groups in total. The van der Waals surface area contributed by atoms with Gasteiger partial charge in [-0.05, 0) is 36.6 Å². The summed E-state index contributed by atoms with van der Waals surface area (Å²) < 4.78 is 5.51. The second kappa shape index (κ2) is 7.43. The van der Waals surface area contributed by atoms with Gasteiger partial charge in [-0.15, -0.1) is 5.11 Å². The average molecular weight is 268 g/mol. The smallest absolute Gasteiger partial charge is 0.149 e. The molecule has 0 spiro atoms. The van der Waals surface area contributed by atoms with E-state index in [1.165, 1.54) is 12.0 Å². The van der Waals surface area contributed by atoms with Gasteiger partial charge in [-0.25, -0.2) is 0 Å². The quantitative estimate of drug-likeness (QED) is 0.641. The van der Waals surface area contributed by atoms with Gasteiger partial charge in [0, 0.05) is 0 Å². The van der Waals surface area contributed by atoms with Crippen LogP contribution in [0.1, 0.15) is 25.3 Å². The zero-order chi connectivity index (χ0) is 14.2. The molecule has 0 amide bonds. The van der Waals surface area contributed by atoms with E-state index in [1.807, 2.05) is 42.5 Å². The highest BCUT2D eigenvalue weighted by Crippen LogP contribution is 2.33. The fraction of sp³-hybridized carbons (Fsp3) is 0.294. The fourth-order valence-electron chi connectivity index (χ4n) is 2.06. The molecule has 0 unspecified atom stereocenters. The van der Waals surface area contributed by atoms with Gasteiger partial charge in [-0.2, -0.15) is 5.11 Å². The Labute approximate surface area is 120 Å². The van der Waals surface area contributed by atoms with Crippen LogP contribution in [0.25, 0.3) is 0 Å². The molecule has 0 atom stereocenters. The van der Waals surface area contributed by atoms with Gasteiger partial charge in [-0.1, -0.05) is 43.7 Å². The average Bonchev–Trinajstić information content (AvgIpc) is 2.51. The minimum atomic E-state index is 0.782. The van der Waals surface area contributed by atoms with Crippen LogP contribution in [0, 0.1) is 0 Å². The van der Waals surface area contributed by atoms with E-state index in [0.717, 1.165) is 30.0 Å². The number of ether oxygens (including phenoxy) is 1. The number of methoxy groups -OCH3 is 1. The maximum absolute atomic E-state index is 5.51. The Morgan fingerprint density at radius 2 is 1.75 bits per heavy atom. The molecule has 0 aromatic heterocycles. The van der Waals surface area contributed by atoms with Crippen molar-refractivity contribution in [3.8, 4) is 5.75 Å². The lowest BCUT2D eigenvalue weighted by molar-refractivity contribution is 0.410. The van der Waals surface area contributed by atoms with Crippen LogP contribution in [-0.4, -0.2) is 7.11 Å². The highest BCUT2D eigenvalue weighted by Gasteiger charge is 2.08. The van der Waals surface area contributed by atoms with Crippen molar-refractivity contribution in [2.75, 3.05) is 7.11 Å². The molecule has 3 heteroatoms. The first kappa shape index (κ1) is 14.3. The number of nitrogens with zero attached hydrogens (tertiary/aromatic N) is 2. The third-order valence-corrected chi connectivity index (χ3v) is 3.11. The lowest BCUT2D eigenvalue weighted by Crippen LogP contribution is -1.92. The first-order valence-corrected chi connectivity index (χ1v) is 6.97. The summed E-state index contributed by atoms with van der Waals surface area (Å²) in [5.41, 5.74) is 2.82. The van der Waals surface area contributed by atoms with Crippen molar-refractivity contribution in [3.63, 3.8) is 0 Å². The van der Waals surface area contributed by atoms with Crippen LogP contribution < -0.4 is 4.74 Å². The predicted octanol–water partition coefficient (Wildman–Crippen LogP) is 5.45. The first-order valence-electron chi connectivity index (χ1n) is 6.97. The van der Waals surface area contributed by atoms with E-state index in [9.17, 15) is 0 Å². The Hall–Kier alpha value is -2.16. The van der Waals surface area contributed by atoms with Crippen LogP contribution in [0.5, 0.6) is 5.75 Å². The summed E-state index contributed by atoms with van der Waals surface area (Å²) in [6, 6.07) is 15.7. The highest BCUT2D eigenvalue weighted by molar-refractivity contribution is 5.56. The monoisotopic (exact) mass is 268 g/mol. The van der Waals surface area contributed by atoms with E-state index < -0.39 is 0 Å². The Morgan fingerprint density at radius 3 is 2.45 bits per heavy atom. The molecule has 0 bridgehead atoms. The van der Waals surface area contributed by atoms with Crippen LogP contribution in [-0.2, 0) is 6.42 Å². The molecule has 104 valence electrons. The Kier molecular flexibility index (Phi) is 5.30. The van der Waals surface area contributed by atoms with Crippen molar-refractivity contribution in [2.45, 2.75) is 26.2 Å². The summed E-state index contributed by atoms with van der Waals surface area (Å²) >= 11 is 0.